The van der Waals surface area contributed by atoms with Gasteiger partial charge in [-0.15, -0.1) is 6.58 Å². The molecule has 0 aliphatic heterocycles. The quantitative estimate of drug-likeness (QED) is 0.254. The van der Waals surface area contributed by atoms with Crippen molar-refractivity contribution in [2.75, 3.05) is 10.6 Å². The maximum absolute atomic E-state index is 12.9. The summed E-state index contributed by atoms with van der Waals surface area (Å²) in [6.07, 6.45) is 3.15. The molecule has 3 N–H and O–H groups in total. The first kappa shape index (κ1) is 22.4. The molecule has 9 nitrogen and oxygen atoms in total. The number of carbonyl (C=O) groups is 2. The summed E-state index contributed by atoms with van der Waals surface area (Å²) in [4.78, 5) is 30.5. The molecular formula is C22H20N6O3S2. The van der Waals surface area contributed by atoms with Gasteiger partial charge in [0, 0.05) is 17.8 Å². The standard InChI is InChI=1S/C22H20N6O3S2/c1-4-9-28-18(26-27-22(28)32)17-13(3)23-21(33-17)25-19(29)14-8-7-12(2)15(11-14)24-20(30)16-6-5-10-31-16/h4-8,10-11H,1,9H2,2-3H3,(H,24,30)(H,27,32)(H,23,25,29). The Morgan fingerprint density at radius 1 is 1.27 bits per heavy atom. The number of anilines is 2. The van der Waals surface area contributed by atoms with Crippen molar-refractivity contribution in [3.05, 3.63) is 76.6 Å². The molecule has 0 aliphatic rings. The van der Waals surface area contributed by atoms with E-state index >= 15 is 0 Å². The Bertz CT molecular complexity index is 1400. The maximum Gasteiger partial charge on any atom is 0.291 e. The summed E-state index contributed by atoms with van der Waals surface area (Å²) in [7, 11) is 0. The minimum Gasteiger partial charge on any atom is -0.459 e. The first-order chi connectivity index (χ1) is 15.9. The van der Waals surface area contributed by atoms with E-state index in [1.165, 1.54) is 17.6 Å². The second-order valence-corrected chi connectivity index (χ2v) is 8.49. The van der Waals surface area contributed by atoms with Gasteiger partial charge in [-0.05, 0) is 55.9 Å². The topological polar surface area (TPSA) is 118 Å². The van der Waals surface area contributed by atoms with E-state index in [9.17, 15) is 9.59 Å². The van der Waals surface area contributed by atoms with Crippen molar-refractivity contribution in [2.45, 2.75) is 20.4 Å². The molecule has 2 amide bonds. The molecular weight excluding hydrogens is 460 g/mol. The minimum absolute atomic E-state index is 0.185. The zero-order chi connectivity index (χ0) is 23.5. The first-order valence-corrected chi connectivity index (χ1v) is 11.1. The molecule has 0 fully saturated rings. The highest BCUT2D eigenvalue weighted by Gasteiger charge is 2.18. The number of hydrogen-bond acceptors (Lipinski definition) is 7. The summed E-state index contributed by atoms with van der Waals surface area (Å²) in [5.74, 6) is 0.0699. The third-order valence-electron chi connectivity index (χ3n) is 4.78. The lowest BCUT2D eigenvalue weighted by Crippen LogP contribution is -2.15. The van der Waals surface area contributed by atoms with E-state index in [0.29, 0.717) is 39.2 Å². The van der Waals surface area contributed by atoms with Gasteiger partial charge in [0.25, 0.3) is 11.8 Å². The second-order valence-electron chi connectivity index (χ2n) is 7.10. The number of thiazole rings is 1. The van der Waals surface area contributed by atoms with Crippen molar-refractivity contribution in [1.82, 2.24) is 19.7 Å². The van der Waals surface area contributed by atoms with Gasteiger partial charge in [0.2, 0.25) is 0 Å². The molecule has 0 radical (unpaired) electrons. The number of benzene rings is 1. The monoisotopic (exact) mass is 480 g/mol. The summed E-state index contributed by atoms with van der Waals surface area (Å²) >= 11 is 6.57. The van der Waals surface area contributed by atoms with Crippen LogP contribution in [0.3, 0.4) is 0 Å². The van der Waals surface area contributed by atoms with E-state index in [-0.39, 0.29) is 11.7 Å². The molecule has 4 rings (SSSR count). The summed E-state index contributed by atoms with van der Waals surface area (Å²) in [5, 5.41) is 13.1. The van der Waals surface area contributed by atoms with Gasteiger partial charge in [0.15, 0.2) is 21.5 Å². The van der Waals surface area contributed by atoms with Crippen molar-refractivity contribution in [2.24, 2.45) is 0 Å². The fourth-order valence-corrected chi connectivity index (χ4v) is 4.27. The first-order valence-electron chi connectivity index (χ1n) is 9.88. The van der Waals surface area contributed by atoms with Gasteiger partial charge in [-0.3, -0.25) is 24.6 Å². The smallest absolute Gasteiger partial charge is 0.291 e. The number of aryl methyl sites for hydroxylation is 2. The molecule has 1 aromatic carbocycles. The van der Waals surface area contributed by atoms with E-state index < -0.39 is 5.91 Å². The molecule has 0 unspecified atom stereocenters. The Morgan fingerprint density at radius 3 is 2.82 bits per heavy atom. The molecule has 0 aliphatic carbocycles. The normalized spacial score (nSPS) is 10.7. The number of hydrogen-bond donors (Lipinski definition) is 3. The highest BCUT2D eigenvalue weighted by molar-refractivity contribution is 7.71. The predicted molar refractivity (Wildman–Crippen MR) is 129 cm³/mol. The number of nitrogens with zero attached hydrogens (tertiary/aromatic N) is 3. The molecule has 33 heavy (non-hydrogen) atoms. The van der Waals surface area contributed by atoms with Gasteiger partial charge in [-0.1, -0.05) is 23.5 Å². The number of aromatic nitrogens is 4. The van der Waals surface area contributed by atoms with Crippen LogP contribution in [0.4, 0.5) is 10.8 Å². The van der Waals surface area contributed by atoms with Crippen LogP contribution < -0.4 is 10.6 Å². The Kier molecular flexibility index (Phi) is 6.33. The highest BCUT2D eigenvalue weighted by atomic mass is 32.1. The average molecular weight is 481 g/mol. The number of furan rings is 1. The lowest BCUT2D eigenvalue weighted by atomic mass is 10.1. The third kappa shape index (κ3) is 4.69. The van der Waals surface area contributed by atoms with E-state index in [1.54, 1.807) is 36.4 Å². The van der Waals surface area contributed by atoms with Gasteiger partial charge in [0.1, 0.15) is 0 Å². The van der Waals surface area contributed by atoms with E-state index in [4.69, 9.17) is 16.6 Å². The van der Waals surface area contributed by atoms with Gasteiger partial charge in [-0.25, -0.2) is 4.98 Å². The average Bonchev–Trinajstić information content (AvgIpc) is 3.52. The lowest BCUT2D eigenvalue weighted by molar-refractivity contribution is 0.0993. The number of amides is 2. The molecule has 3 aromatic heterocycles. The van der Waals surface area contributed by atoms with Crippen LogP contribution in [0.1, 0.15) is 32.2 Å². The van der Waals surface area contributed by atoms with E-state index in [0.717, 1.165) is 10.4 Å². The Labute approximate surface area is 198 Å². The Morgan fingerprint density at radius 2 is 2.09 bits per heavy atom. The maximum atomic E-state index is 12.9. The van der Waals surface area contributed by atoms with Crippen LogP contribution >= 0.6 is 23.6 Å². The van der Waals surface area contributed by atoms with Crippen LogP contribution in [0.15, 0.2) is 53.7 Å². The van der Waals surface area contributed by atoms with Crippen molar-refractivity contribution < 1.29 is 14.0 Å². The molecule has 168 valence electrons. The number of nitrogens with one attached hydrogen (secondary N) is 3. The molecule has 4 aromatic rings. The highest BCUT2D eigenvalue weighted by Crippen LogP contribution is 2.32. The van der Waals surface area contributed by atoms with E-state index in [2.05, 4.69) is 32.4 Å². The number of allylic oxidation sites excluding steroid dienone is 1. The molecule has 11 heteroatoms. The second kappa shape index (κ2) is 9.35. The van der Waals surface area contributed by atoms with Crippen molar-refractivity contribution in [3.8, 4) is 10.7 Å². The Hall–Kier alpha value is -3.83. The van der Waals surface area contributed by atoms with E-state index in [1.807, 2.05) is 18.4 Å². The molecule has 0 bridgehead atoms. The van der Waals surface area contributed by atoms with Crippen LogP contribution in [-0.2, 0) is 6.54 Å². The van der Waals surface area contributed by atoms with Crippen LogP contribution in [0.2, 0.25) is 0 Å². The molecule has 0 spiro atoms. The van der Waals surface area contributed by atoms with Crippen molar-refractivity contribution in [3.63, 3.8) is 0 Å². The molecule has 3 heterocycles. The summed E-state index contributed by atoms with van der Waals surface area (Å²) < 4.78 is 7.41. The fraction of sp³-hybridized carbons (Fsp3) is 0.136. The largest absolute Gasteiger partial charge is 0.459 e. The molecule has 0 saturated carbocycles. The molecule has 0 saturated heterocycles. The minimum atomic E-state index is -0.395. The fourth-order valence-electron chi connectivity index (χ4n) is 3.11. The van der Waals surface area contributed by atoms with Crippen LogP contribution in [0, 0.1) is 18.6 Å². The number of aromatic amines is 1. The van der Waals surface area contributed by atoms with Gasteiger partial charge in [-0.2, -0.15) is 5.10 Å². The van der Waals surface area contributed by atoms with Crippen LogP contribution in [0.25, 0.3) is 10.7 Å². The number of H-pyrrole nitrogens is 1. The van der Waals surface area contributed by atoms with Crippen molar-refractivity contribution >= 4 is 46.2 Å². The van der Waals surface area contributed by atoms with Gasteiger partial charge in [0.05, 0.1) is 16.8 Å². The SMILES string of the molecule is C=CCn1c(-c2sc(NC(=O)c3ccc(C)c(NC(=O)c4ccco4)c3)nc2C)n[nH]c1=S. The zero-order valence-corrected chi connectivity index (χ0v) is 19.5. The number of rotatable bonds is 7. The zero-order valence-electron chi connectivity index (χ0n) is 17.8. The van der Waals surface area contributed by atoms with Gasteiger partial charge < -0.3 is 9.73 Å². The van der Waals surface area contributed by atoms with Gasteiger partial charge >= 0.3 is 0 Å². The summed E-state index contributed by atoms with van der Waals surface area (Å²) in [6.45, 7) is 7.93. The third-order valence-corrected chi connectivity index (χ3v) is 6.16. The summed E-state index contributed by atoms with van der Waals surface area (Å²) in [6, 6.07) is 8.26. The van der Waals surface area contributed by atoms with Crippen molar-refractivity contribution in [1.29, 1.82) is 0 Å². The molecule has 0 atom stereocenters. The summed E-state index contributed by atoms with van der Waals surface area (Å²) in [5.41, 5.74) is 2.41. The number of carbonyl (C=O) groups excluding carboxylic acids is 2. The Balaban J connectivity index is 1.55. The van der Waals surface area contributed by atoms with Crippen LogP contribution in [0.5, 0.6) is 0 Å². The predicted octanol–water partition coefficient (Wildman–Crippen LogP) is 4.96. The van der Waals surface area contributed by atoms with Crippen LogP contribution in [-0.4, -0.2) is 31.6 Å². The lowest BCUT2D eigenvalue weighted by Gasteiger charge is -2.09.